The lowest BCUT2D eigenvalue weighted by molar-refractivity contribution is 0.399. The van der Waals surface area contributed by atoms with E-state index < -0.39 is 0 Å². The molecular formula is C20H17NO3. The van der Waals surface area contributed by atoms with E-state index in [9.17, 15) is 10.2 Å². The third-order valence-corrected chi connectivity index (χ3v) is 5.05. The Morgan fingerprint density at radius 2 is 1.46 bits per heavy atom. The molecule has 4 heteroatoms. The van der Waals surface area contributed by atoms with Gasteiger partial charge in [0.15, 0.2) is 0 Å². The van der Waals surface area contributed by atoms with Crippen LogP contribution in [-0.4, -0.2) is 14.8 Å². The van der Waals surface area contributed by atoms with Gasteiger partial charge < -0.3 is 14.6 Å². The molecule has 2 aromatic carbocycles. The number of benzene rings is 2. The molecule has 1 aliphatic carbocycles. The standard InChI is InChI=1S/C20H17NO3/c22-19-15-6-1-2-7-16(15)20(23)21(19)12-9-10-14-13-5-3-4-8-17(13)24-18(14)11-12/h3-5,8-11,22-23H,1-2,6-7H2. The molecule has 0 bridgehead atoms. The fraction of sp³-hybridized carbons (Fsp3) is 0.200. The Labute approximate surface area is 138 Å². The molecule has 0 fully saturated rings. The summed E-state index contributed by atoms with van der Waals surface area (Å²) in [5, 5.41) is 23.3. The zero-order chi connectivity index (χ0) is 16.3. The molecule has 2 N–H and O–H groups in total. The lowest BCUT2D eigenvalue weighted by Crippen LogP contribution is -1.98. The summed E-state index contributed by atoms with van der Waals surface area (Å²) < 4.78 is 7.45. The molecule has 120 valence electrons. The van der Waals surface area contributed by atoms with Gasteiger partial charge in [-0.1, -0.05) is 18.2 Å². The zero-order valence-corrected chi connectivity index (χ0v) is 13.1. The Kier molecular flexibility index (Phi) is 2.71. The lowest BCUT2D eigenvalue weighted by Gasteiger charge is -2.09. The number of nitrogens with zero attached hydrogens (tertiary/aromatic N) is 1. The van der Waals surface area contributed by atoms with Crippen LogP contribution >= 0.6 is 0 Å². The zero-order valence-electron chi connectivity index (χ0n) is 13.1. The summed E-state index contributed by atoms with van der Waals surface area (Å²) in [6.45, 7) is 0. The van der Waals surface area contributed by atoms with E-state index >= 15 is 0 Å². The first-order chi connectivity index (χ1) is 11.7. The molecule has 0 saturated heterocycles. The molecule has 0 atom stereocenters. The van der Waals surface area contributed by atoms with Gasteiger partial charge in [0.1, 0.15) is 11.2 Å². The van der Waals surface area contributed by atoms with Gasteiger partial charge in [-0.05, 0) is 43.9 Å². The Bertz CT molecular complexity index is 1060. The van der Waals surface area contributed by atoms with Gasteiger partial charge in [0.25, 0.3) is 0 Å². The maximum Gasteiger partial charge on any atom is 0.202 e. The molecule has 0 saturated carbocycles. The molecule has 0 amide bonds. The van der Waals surface area contributed by atoms with Crippen LogP contribution in [0.1, 0.15) is 24.0 Å². The fourth-order valence-electron chi connectivity index (χ4n) is 3.87. The third-order valence-electron chi connectivity index (χ3n) is 5.05. The van der Waals surface area contributed by atoms with Crippen molar-refractivity contribution in [1.82, 2.24) is 4.57 Å². The van der Waals surface area contributed by atoms with E-state index in [1.807, 2.05) is 42.5 Å². The van der Waals surface area contributed by atoms with Crippen LogP contribution < -0.4 is 0 Å². The van der Waals surface area contributed by atoms with E-state index in [-0.39, 0.29) is 11.8 Å². The summed E-state index contributed by atoms with van der Waals surface area (Å²) in [6, 6.07) is 13.7. The highest BCUT2D eigenvalue weighted by atomic mass is 16.3. The molecule has 0 radical (unpaired) electrons. The van der Waals surface area contributed by atoms with Crippen LogP contribution in [-0.2, 0) is 12.8 Å². The highest BCUT2D eigenvalue weighted by Gasteiger charge is 2.25. The molecule has 4 nitrogen and oxygen atoms in total. The van der Waals surface area contributed by atoms with Crippen molar-refractivity contribution in [2.45, 2.75) is 25.7 Å². The molecular weight excluding hydrogens is 302 g/mol. The number of fused-ring (bicyclic) bond motifs is 4. The third kappa shape index (κ3) is 1.74. The van der Waals surface area contributed by atoms with Crippen molar-refractivity contribution in [3.8, 4) is 17.4 Å². The second kappa shape index (κ2) is 4.81. The summed E-state index contributed by atoms with van der Waals surface area (Å²) in [5.41, 5.74) is 4.06. The highest BCUT2D eigenvalue weighted by molar-refractivity contribution is 6.05. The van der Waals surface area contributed by atoms with E-state index in [4.69, 9.17) is 4.42 Å². The molecule has 1 aliphatic rings. The summed E-state index contributed by atoms with van der Waals surface area (Å²) in [4.78, 5) is 0. The molecule has 0 spiro atoms. The number of hydrogen-bond donors (Lipinski definition) is 2. The monoisotopic (exact) mass is 319 g/mol. The average molecular weight is 319 g/mol. The predicted molar refractivity (Wildman–Crippen MR) is 93.0 cm³/mol. The van der Waals surface area contributed by atoms with Crippen LogP contribution in [0.4, 0.5) is 0 Å². The quantitative estimate of drug-likeness (QED) is 0.536. The molecule has 24 heavy (non-hydrogen) atoms. The number of para-hydroxylation sites is 1. The van der Waals surface area contributed by atoms with Crippen molar-refractivity contribution in [2.24, 2.45) is 0 Å². The van der Waals surface area contributed by atoms with E-state index in [2.05, 4.69) is 0 Å². The molecule has 5 rings (SSSR count). The number of hydrogen-bond acceptors (Lipinski definition) is 3. The summed E-state index contributed by atoms with van der Waals surface area (Å²) in [6.07, 6.45) is 3.72. The van der Waals surface area contributed by atoms with Gasteiger partial charge in [0.05, 0.1) is 5.69 Å². The van der Waals surface area contributed by atoms with E-state index in [1.165, 1.54) is 4.57 Å². The Balaban J connectivity index is 1.75. The highest BCUT2D eigenvalue weighted by Crippen LogP contribution is 2.41. The average Bonchev–Trinajstić information content (AvgIpc) is 3.10. The molecule has 0 unspecified atom stereocenters. The van der Waals surface area contributed by atoms with Crippen LogP contribution in [0.25, 0.3) is 27.6 Å². The van der Waals surface area contributed by atoms with Gasteiger partial charge in [-0.2, -0.15) is 0 Å². The minimum atomic E-state index is 0.151. The Hall–Kier alpha value is -2.88. The number of aromatic hydroxyl groups is 2. The van der Waals surface area contributed by atoms with Gasteiger partial charge in [-0.15, -0.1) is 0 Å². The number of rotatable bonds is 1. The van der Waals surface area contributed by atoms with E-state index in [0.717, 1.165) is 58.7 Å². The van der Waals surface area contributed by atoms with E-state index in [0.29, 0.717) is 5.69 Å². The maximum absolute atomic E-state index is 10.6. The van der Waals surface area contributed by atoms with Gasteiger partial charge in [-0.25, -0.2) is 0 Å². The van der Waals surface area contributed by atoms with Crippen molar-refractivity contribution in [3.63, 3.8) is 0 Å². The minimum Gasteiger partial charge on any atom is -0.494 e. The predicted octanol–water partition coefficient (Wildman–Crippen LogP) is 4.67. The summed E-state index contributed by atoms with van der Waals surface area (Å²) in [7, 11) is 0. The van der Waals surface area contributed by atoms with Crippen LogP contribution in [0.2, 0.25) is 0 Å². The second-order valence-corrected chi connectivity index (χ2v) is 6.43. The second-order valence-electron chi connectivity index (χ2n) is 6.43. The largest absolute Gasteiger partial charge is 0.494 e. The first-order valence-electron chi connectivity index (χ1n) is 8.30. The van der Waals surface area contributed by atoms with Crippen molar-refractivity contribution >= 4 is 21.9 Å². The van der Waals surface area contributed by atoms with Gasteiger partial charge in [0.2, 0.25) is 11.8 Å². The van der Waals surface area contributed by atoms with Crippen molar-refractivity contribution in [2.75, 3.05) is 0 Å². The van der Waals surface area contributed by atoms with Crippen LogP contribution in [0.5, 0.6) is 11.8 Å². The maximum atomic E-state index is 10.6. The topological polar surface area (TPSA) is 58.5 Å². The molecule has 0 aliphatic heterocycles. The van der Waals surface area contributed by atoms with Gasteiger partial charge in [0, 0.05) is 28.0 Å². The smallest absolute Gasteiger partial charge is 0.202 e. The van der Waals surface area contributed by atoms with Crippen molar-refractivity contribution < 1.29 is 14.6 Å². The van der Waals surface area contributed by atoms with Crippen LogP contribution in [0, 0.1) is 0 Å². The Morgan fingerprint density at radius 1 is 0.792 bits per heavy atom. The van der Waals surface area contributed by atoms with Crippen molar-refractivity contribution in [3.05, 3.63) is 53.6 Å². The fourth-order valence-corrected chi connectivity index (χ4v) is 3.87. The summed E-state index contributed by atoms with van der Waals surface area (Å²) in [5.74, 6) is 0.301. The van der Waals surface area contributed by atoms with Crippen LogP contribution in [0.3, 0.4) is 0 Å². The SMILES string of the molecule is Oc1c2c(c(O)n1-c1ccc3c(c1)oc1ccccc13)CCCC2. The minimum absolute atomic E-state index is 0.151. The number of aromatic nitrogens is 1. The first-order valence-corrected chi connectivity index (χ1v) is 8.30. The van der Waals surface area contributed by atoms with Gasteiger partial charge >= 0.3 is 0 Å². The normalized spacial score (nSPS) is 14.3. The first kappa shape index (κ1) is 13.5. The molecule has 4 aromatic rings. The Morgan fingerprint density at radius 3 is 2.21 bits per heavy atom. The van der Waals surface area contributed by atoms with Gasteiger partial charge in [-0.3, -0.25) is 4.57 Å². The molecule has 2 heterocycles. The lowest BCUT2D eigenvalue weighted by atomic mass is 9.95. The number of furan rings is 1. The summed E-state index contributed by atoms with van der Waals surface area (Å²) >= 11 is 0. The van der Waals surface area contributed by atoms with Crippen molar-refractivity contribution in [1.29, 1.82) is 0 Å². The van der Waals surface area contributed by atoms with E-state index in [1.54, 1.807) is 0 Å². The molecule has 2 aromatic heterocycles. The van der Waals surface area contributed by atoms with Crippen LogP contribution in [0.15, 0.2) is 46.9 Å².